The largest absolute Gasteiger partial charge is 0.491 e. The number of aromatic nitrogens is 4. The molecular weight excluding hydrogens is 492 g/mol. The third-order valence-corrected chi connectivity index (χ3v) is 7.06. The third kappa shape index (κ3) is 6.31. The zero-order valence-electron chi connectivity index (χ0n) is 22.3. The lowest BCUT2D eigenvalue weighted by Crippen LogP contribution is -2.41. The smallest absolute Gasteiger partial charge is 0.253 e. The minimum atomic E-state index is -0.0668. The van der Waals surface area contributed by atoms with Gasteiger partial charge in [0.05, 0.1) is 6.54 Å². The summed E-state index contributed by atoms with van der Waals surface area (Å²) in [5, 5.41) is 4.19. The van der Waals surface area contributed by atoms with Gasteiger partial charge < -0.3 is 14.5 Å². The molecule has 0 unspecified atom stereocenters. The normalized spacial score (nSPS) is 14.4. The van der Waals surface area contributed by atoms with Crippen molar-refractivity contribution in [2.24, 2.45) is 7.05 Å². The standard InChI is InChI=1S/C30H32N6O3/c1-34-12-13-36(29(37)9-7-27-10-11-33-35(27)2)14-15-39-28-8-6-23(26-19-31-21-32-20-26)18-25(28)17-22-4-3-5-24(16-22)30(34)38/h3-6,8,10-11,16,18-21H,7,9,12-15,17H2,1-2H3. The van der Waals surface area contributed by atoms with Gasteiger partial charge in [-0.15, -0.1) is 0 Å². The van der Waals surface area contributed by atoms with Crippen LogP contribution in [0.4, 0.5) is 0 Å². The van der Waals surface area contributed by atoms with Crippen molar-refractivity contribution >= 4 is 11.8 Å². The highest BCUT2D eigenvalue weighted by Crippen LogP contribution is 2.28. The second-order valence-corrected chi connectivity index (χ2v) is 9.73. The molecule has 4 aromatic rings. The fourth-order valence-electron chi connectivity index (χ4n) is 4.78. The zero-order valence-corrected chi connectivity index (χ0v) is 22.3. The summed E-state index contributed by atoms with van der Waals surface area (Å²) in [6.45, 7) is 1.62. The van der Waals surface area contributed by atoms with Crippen molar-refractivity contribution in [3.63, 3.8) is 0 Å². The molecule has 0 saturated heterocycles. The molecule has 0 fully saturated rings. The Morgan fingerprint density at radius 2 is 1.79 bits per heavy atom. The Balaban J connectivity index is 1.42. The van der Waals surface area contributed by atoms with Gasteiger partial charge in [0.1, 0.15) is 18.7 Å². The van der Waals surface area contributed by atoms with Crippen molar-refractivity contribution in [3.05, 3.63) is 95.8 Å². The number of carbonyl (C=O) groups excluding carboxylic acids is 2. The van der Waals surface area contributed by atoms with Crippen LogP contribution in [-0.2, 0) is 24.7 Å². The van der Waals surface area contributed by atoms with Gasteiger partial charge in [-0.05, 0) is 53.4 Å². The van der Waals surface area contributed by atoms with E-state index in [2.05, 4.69) is 21.1 Å². The number of benzene rings is 2. The fraction of sp³-hybridized carbons (Fsp3) is 0.300. The Morgan fingerprint density at radius 3 is 2.59 bits per heavy atom. The molecule has 39 heavy (non-hydrogen) atoms. The number of aryl methyl sites for hydroxylation is 2. The number of rotatable bonds is 4. The maximum absolute atomic E-state index is 13.2. The Bertz CT molecular complexity index is 1450. The van der Waals surface area contributed by atoms with Crippen molar-refractivity contribution in [1.82, 2.24) is 29.5 Å². The molecule has 0 atom stereocenters. The molecule has 1 aliphatic heterocycles. The van der Waals surface area contributed by atoms with Crippen LogP contribution in [0.25, 0.3) is 11.1 Å². The summed E-state index contributed by atoms with van der Waals surface area (Å²) in [5.41, 5.74) is 5.53. The van der Waals surface area contributed by atoms with Gasteiger partial charge in [0.15, 0.2) is 0 Å². The number of hydrogen-bond acceptors (Lipinski definition) is 6. The molecule has 0 saturated carbocycles. The van der Waals surface area contributed by atoms with Crippen LogP contribution in [-0.4, -0.2) is 74.7 Å². The second kappa shape index (κ2) is 11.9. The van der Waals surface area contributed by atoms with E-state index in [0.29, 0.717) is 51.1 Å². The minimum absolute atomic E-state index is 0.0226. The van der Waals surface area contributed by atoms with E-state index in [0.717, 1.165) is 33.7 Å². The predicted octanol–water partition coefficient (Wildman–Crippen LogP) is 3.39. The van der Waals surface area contributed by atoms with Gasteiger partial charge in [-0.1, -0.05) is 18.2 Å². The van der Waals surface area contributed by atoms with Crippen LogP contribution < -0.4 is 4.74 Å². The summed E-state index contributed by atoms with van der Waals surface area (Å²) in [4.78, 5) is 38.2. The first-order chi connectivity index (χ1) is 19.0. The van der Waals surface area contributed by atoms with Crippen LogP contribution >= 0.6 is 0 Å². The predicted molar refractivity (Wildman–Crippen MR) is 147 cm³/mol. The first-order valence-electron chi connectivity index (χ1n) is 13.1. The first kappa shape index (κ1) is 26.1. The molecule has 5 rings (SSSR count). The number of nitrogens with zero attached hydrogens (tertiary/aromatic N) is 6. The van der Waals surface area contributed by atoms with Gasteiger partial charge in [0, 0.05) is 75.4 Å². The van der Waals surface area contributed by atoms with Crippen molar-refractivity contribution in [2.45, 2.75) is 19.3 Å². The quantitative estimate of drug-likeness (QED) is 0.406. The molecule has 200 valence electrons. The topological polar surface area (TPSA) is 93.4 Å². The highest BCUT2D eigenvalue weighted by atomic mass is 16.5. The fourth-order valence-corrected chi connectivity index (χ4v) is 4.78. The average Bonchev–Trinajstić information content (AvgIpc) is 3.38. The Morgan fingerprint density at radius 1 is 0.949 bits per heavy atom. The molecule has 0 aliphatic carbocycles. The van der Waals surface area contributed by atoms with E-state index in [4.69, 9.17) is 4.74 Å². The Labute approximate surface area is 228 Å². The Hall–Kier alpha value is -4.53. The maximum Gasteiger partial charge on any atom is 0.253 e. The van der Waals surface area contributed by atoms with Crippen molar-refractivity contribution in [2.75, 3.05) is 33.3 Å². The maximum atomic E-state index is 13.2. The van der Waals surface area contributed by atoms with Gasteiger partial charge >= 0.3 is 0 Å². The van der Waals surface area contributed by atoms with E-state index in [1.165, 1.54) is 6.33 Å². The molecule has 0 radical (unpaired) electrons. The van der Waals surface area contributed by atoms with E-state index in [1.54, 1.807) is 40.1 Å². The summed E-state index contributed by atoms with van der Waals surface area (Å²) in [6.07, 6.45) is 8.36. The highest BCUT2D eigenvalue weighted by Gasteiger charge is 2.19. The first-order valence-corrected chi connectivity index (χ1v) is 13.1. The van der Waals surface area contributed by atoms with Gasteiger partial charge in [-0.2, -0.15) is 5.10 Å². The second-order valence-electron chi connectivity index (χ2n) is 9.73. The third-order valence-electron chi connectivity index (χ3n) is 7.06. The summed E-state index contributed by atoms with van der Waals surface area (Å²) >= 11 is 0. The molecule has 3 heterocycles. The molecule has 1 aliphatic rings. The van der Waals surface area contributed by atoms with Crippen LogP contribution in [0, 0.1) is 0 Å². The van der Waals surface area contributed by atoms with Crippen molar-refractivity contribution in [1.29, 1.82) is 0 Å². The van der Waals surface area contributed by atoms with Gasteiger partial charge in [-0.25, -0.2) is 9.97 Å². The molecule has 2 aromatic heterocycles. The number of amides is 2. The van der Waals surface area contributed by atoms with Gasteiger partial charge in [0.25, 0.3) is 5.91 Å². The van der Waals surface area contributed by atoms with Crippen LogP contribution in [0.5, 0.6) is 5.75 Å². The van der Waals surface area contributed by atoms with Crippen LogP contribution in [0.3, 0.4) is 0 Å². The van der Waals surface area contributed by atoms with Crippen LogP contribution in [0.15, 0.2) is 73.4 Å². The minimum Gasteiger partial charge on any atom is -0.491 e. The summed E-state index contributed by atoms with van der Waals surface area (Å²) in [6, 6.07) is 15.7. The lowest BCUT2D eigenvalue weighted by atomic mass is 9.98. The zero-order chi connectivity index (χ0) is 27.2. The summed E-state index contributed by atoms with van der Waals surface area (Å²) in [5.74, 6) is 0.709. The molecule has 9 heteroatoms. The number of ether oxygens (including phenoxy) is 1. The van der Waals surface area contributed by atoms with E-state index in [1.807, 2.05) is 49.5 Å². The van der Waals surface area contributed by atoms with Crippen LogP contribution in [0.2, 0.25) is 0 Å². The Kier molecular flexibility index (Phi) is 7.96. The average molecular weight is 525 g/mol. The monoisotopic (exact) mass is 524 g/mol. The van der Waals surface area contributed by atoms with E-state index in [-0.39, 0.29) is 11.8 Å². The molecule has 0 N–H and O–H groups in total. The lowest BCUT2D eigenvalue weighted by Gasteiger charge is -2.27. The number of hydrogen-bond donors (Lipinski definition) is 0. The number of carbonyl (C=O) groups is 2. The molecule has 2 aromatic carbocycles. The summed E-state index contributed by atoms with van der Waals surface area (Å²) in [7, 11) is 3.65. The SMILES string of the molecule is CN1CCN(C(=O)CCc2ccnn2C)CCOc2ccc(-c3cncnc3)cc2Cc2cccc(c2)C1=O. The van der Waals surface area contributed by atoms with E-state index < -0.39 is 0 Å². The molecule has 0 spiro atoms. The lowest BCUT2D eigenvalue weighted by molar-refractivity contribution is -0.131. The molecular formula is C30H32N6O3. The van der Waals surface area contributed by atoms with Crippen molar-refractivity contribution < 1.29 is 14.3 Å². The molecule has 2 amide bonds. The molecule has 9 nitrogen and oxygen atoms in total. The van der Waals surface area contributed by atoms with Gasteiger partial charge in [-0.3, -0.25) is 14.3 Å². The van der Waals surface area contributed by atoms with Crippen LogP contribution in [0.1, 0.15) is 33.6 Å². The van der Waals surface area contributed by atoms with E-state index in [9.17, 15) is 9.59 Å². The summed E-state index contributed by atoms with van der Waals surface area (Å²) < 4.78 is 8.06. The number of fused-ring (bicyclic) bond motifs is 3. The van der Waals surface area contributed by atoms with E-state index >= 15 is 0 Å². The number of likely N-dealkylation sites (N-methyl/N-ethyl adjacent to an activating group) is 1. The molecule has 2 bridgehead atoms. The van der Waals surface area contributed by atoms with Gasteiger partial charge in [0.2, 0.25) is 5.91 Å². The highest BCUT2D eigenvalue weighted by molar-refractivity contribution is 5.94. The van der Waals surface area contributed by atoms with Crippen molar-refractivity contribution in [3.8, 4) is 16.9 Å².